The molecule has 8 nitrogen and oxygen atoms in total. The third kappa shape index (κ3) is 5.42. The van der Waals surface area contributed by atoms with Gasteiger partial charge < -0.3 is 9.84 Å². The Balaban J connectivity index is 1.70. The second-order valence-corrected chi connectivity index (χ2v) is 8.89. The molecule has 1 heterocycles. The van der Waals surface area contributed by atoms with Gasteiger partial charge in [-0.15, -0.1) is 0 Å². The fraction of sp³-hybridized carbons (Fsp3) is 0.211. The number of sulfonamides is 1. The Labute approximate surface area is 176 Å². The van der Waals surface area contributed by atoms with Crippen molar-refractivity contribution >= 4 is 37.5 Å². The molecule has 0 spiro atoms. The smallest absolute Gasteiger partial charge is 0.261 e. The summed E-state index contributed by atoms with van der Waals surface area (Å²) in [6.45, 7) is 3.86. The first kappa shape index (κ1) is 21.0. The van der Waals surface area contributed by atoms with Crippen LogP contribution in [0, 0.1) is 13.8 Å². The lowest BCUT2D eigenvalue weighted by molar-refractivity contribution is 0.0953. The molecule has 29 heavy (non-hydrogen) atoms. The van der Waals surface area contributed by atoms with Crippen molar-refractivity contribution in [3.05, 3.63) is 69.8 Å². The van der Waals surface area contributed by atoms with Gasteiger partial charge >= 0.3 is 0 Å². The molecule has 0 aliphatic heterocycles. The maximum Gasteiger partial charge on any atom is 0.261 e. The molecule has 0 aliphatic carbocycles. The Morgan fingerprint density at radius 3 is 2.69 bits per heavy atom. The summed E-state index contributed by atoms with van der Waals surface area (Å²) in [6, 6.07) is 11.2. The van der Waals surface area contributed by atoms with Gasteiger partial charge in [0, 0.05) is 23.0 Å². The standard InChI is InChI=1S/C19H19BrN4O4S/c1-12-6-7-16(20)17(10-12)24-29(26,27)15-5-3-4-14(11-15)19(25)21-9-8-18-22-13(2)23-28-18/h3-7,10-11,24H,8-9H2,1-2H3,(H,21,25). The summed E-state index contributed by atoms with van der Waals surface area (Å²) >= 11 is 3.33. The first-order chi connectivity index (χ1) is 13.7. The van der Waals surface area contributed by atoms with Gasteiger partial charge in [-0.1, -0.05) is 17.3 Å². The van der Waals surface area contributed by atoms with Crippen molar-refractivity contribution in [2.24, 2.45) is 0 Å². The van der Waals surface area contributed by atoms with Crippen LogP contribution in [0.2, 0.25) is 0 Å². The van der Waals surface area contributed by atoms with E-state index < -0.39 is 15.9 Å². The van der Waals surface area contributed by atoms with Crippen LogP contribution < -0.4 is 10.0 Å². The monoisotopic (exact) mass is 478 g/mol. The van der Waals surface area contributed by atoms with E-state index in [0.717, 1.165) is 5.56 Å². The molecule has 0 fully saturated rings. The summed E-state index contributed by atoms with van der Waals surface area (Å²) in [5.74, 6) is 0.555. The van der Waals surface area contributed by atoms with Crippen LogP contribution in [0.3, 0.4) is 0 Å². The third-order valence-corrected chi connectivity index (χ3v) is 6.02. The Hall–Kier alpha value is -2.72. The highest BCUT2D eigenvalue weighted by Gasteiger charge is 2.18. The molecular weight excluding hydrogens is 460 g/mol. The van der Waals surface area contributed by atoms with Crippen LogP contribution >= 0.6 is 15.9 Å². The number of aryl methyl sites for hydroxylation is 2. The third-order valence-electron chi connectivity index (χ3n) is 3.97. The van der Waals surface area contributed by atoms with E-state index in [-0.39, 0.29) is 17.0 Å². The number of aromatic nitrogens is 2. The summed E-state index contributed by atoms with van der Waals surface area (Å²) < 4.78 is 33.7. The van der Waals surface area contributed by atoms with Gasteiger partial charge in [0.05, 0.1) is 10.6 Å². The van der Waals surface area contributed by atoms with Crippen molar-refractivity contribution in [1.82, 2.24) is 15.5 Å². The predicted molar refractivity (Wildman–Crippen MR) is 111 cm³/mol. The van der Waals surface area contributed by atoms with Gasteiger partial charge in [-0.25, -0.2) is 8.42 Å². The fourth-order valence-electron chi connectivity index (χ4n) is 2.55. The lowest BCUT2D eigenvalue weighted by Crippen LogP contribution is -2.26. The van der Waals surface area contributed by atoms with Gasteiger partial charge in [-0.2, -0.15) is 4.98 Å². The first-order valence-corrected chi connectivity index (χ1v) is 11.0. The molecule has 0 saturated heterocycles. The van der Waals surface area contributed by atoms with Gasteiger partial charge in [0.2, 0.25) is 5.89 Å². The van der Waals surface area contributed by atoms with Gasteiger partial charge in [0.15, 0.2) is 5.82 Å². The molecule has 0 bridgehead atoms. The molecule has 0 atom stereocenters. The number of rotatable bonds is 7. The molecule has 2 aromatic carbocycles. The number of amides is 1. The highest BCUT2D eigenvalue weighted by molar-refractivity contribution is 9.10. The quantitative estimate of drug-likeness (QED) is 0.538. The largest absolute Gasteiger partial charge is 0.352 e. The Kier molecular flexibility index (Phi) is 6.33. The molecule has 0 aliphatic rings. The van der Waals surface area contributed by atoms with Gasteiger partial charge in [0.25, 0.3) is 15.9 Å². The summed E-state index contributed by atoms with van der Waals surface area (Å²) in [6.07, 6.45) is 0.382. The van der Waals surface area contributed by atoms with E-state index in [1.807, 2.05) is 13.0 Å². The fourth-order valence-corrected chi connectivity index (χ4v) is 4.15. The molecule has 3 aromatic rings. The second-order valence-electron chi connectivity index (χ2n) is 6.36. The molecule has 1 amide bonds. The molecule has 0 radical (unpaired) electrons. The SMILES string of the molecule is Cc1ccc(Br)c(NS(=O)(=O)c2cccc(C(=O)NCCc3nc(C)no3)c2)c1. The molecule has 2 N–H and O–H groups in total. The van der Waals surface area contributed by atoms with E-state index in [0.29, 0.717) is 28.3 Å². The molecule has 3 rings (SSSR count). The lowest BCUT2D eigenvalue weighted by atomic mass is 10.2. The molecule has 0 unspecified atom stereocenters. The minimum Gasteiger partial charge on any atom is -0.352 e. The molecular formula is C19H19BrN4O4S. The zero-order chi connectivity index (χ0) is 21.0. The topological polar surface area (TPSA) is 114 Å². The van der Waals surface area contributed by atoms with E-state index in [4.69, 9.17) is 4.52 Å². The minimum absolute atomic E-state index is 0.00826. The number of halogens is 1. The predicted octanol–water partition coefficient (Wildman–Crippen LogP) is 3.22. The normalized spacial score (nSPS) is 11.3. The number of carbonyl (C=O) groups is 1. The van der Waals surface area contributed by atoms with E-state index in [9.17, 15) is 13.2 Å². The Morgan fingerprint density at radius 2 is 1.97 bits per heavy atom. The lowest BCUT2D eigenvalue weighted by Gasteiger charge is -2.11. The van der Waals surface area contributed by atoms with Gasteiger partial charge in [0.1, 0.15) is 0 Å². The van der Waals surface area contributed by atoms with Crippen LogP contribution in [0.4, 0.5) is 5.69 Å². The van der Waals surface area contributed by atoms with E-state index in [1.165, 1.54) is 18.2 Å². The highest BCUT2D eigenvalue weighted by atomic mass is 79.9. The van der Waals surface area contributed by atoms with Crippen LogP contribution in [0.1, 0.15) is 27.6 Å². The van der Waals surface area contributed by atoms with Crippen molar-refractivity contribution in [2.75, 3.05) is 11.3 Å². The maximum atomic E-state index is 12.8. The van der Waals surface area contributed by atoms with Crippen LogP contribution in [0.25, 0.3) is 0 Å². The number of hydrogen-bond acceptors (Lipinski definition) is 6. The number of carbonyl (C=O) groups excluding carboxylic acids is 1. The van der Waals surface area contributed by atoms with Crippen LogP contribution in [0.5, 0.6) is 0 Å². The average Bonchev–Trinajstić information content (AvgIpc) is 3.09. The molecule has 0 saturated carbocycles. The number of hydrogen-bond donors (Lipinski definition) is 2. The molecule has 1 aromatic heterocycles. The average molecular weight is 479 g/mol. The van der Waals surface area contributed by atoms with E-state index >= 15 is 0 Å². The van der Waals surface area contributed by atoms with E-state index in [1.54, 1.807) is 25.1 Å². The zero-order valence-electron chi connectivity index (χ0n) is 15.8. The van der Waals surface area contributed by atoms with Gasteiger partial charge in [-0.3, -0.25) is 9.52 Å². The van der Waals surface area contributed by atoms with Crippen molar-refractivity contribution in [2.45, 2.75) is 25.2 Å². The maximum absolute atomic E-state index is 12.8. The van der Waals surface area contributed by atoms with Crippen molar-refractivity contribution in [3.63, 3.8) is 0 Å². The van der Waals surface area contributed by atoms with Crippen molar-refractivity contribution in [1.29, 1.82) is 0 Å². The summed E-state index contributed by atoms with van der Waals surface area (Å²) in [5.41, 5.74) is 1.57. The van der Waals surface area contributed by atoms with E-state index in [2.05, 4.69) is 36.1 Å². The van der Waals surface area contributed by atoms with Crippen LogP contribution in [0.15, 0.2) is 56.4 Å². The number of nitrogens with zero attached hydrogens (tertiary/aromatic N) is 2. The minimum atomic E-state index is -3.86. The zero-order valence-corrected chi connectivity index (χ0v) is 18.2. The summed E-state index contributed by atoms with van der Waals surface area (Å²) in [7, 11) is -3.86. The summed E-state index contributed by atoms with van der Waals surface area (Å²) in [5, 5.41) is 6.39. The molecule has 10 heteroatoms. The second kappa shape index (κ2) is 8.75. The number of nitrogens with one attached hydrogen (secondary N) is 2. The number of benzene rings is 2. The number of anilines is 1. The molecule has 152 valence electrons. The van der Waals surface area contributed by atoms with Gasteiger partial charge in [-0.05, 0) is 65.7 Å². The van der Waals surface area contributed by atoms with Crippen LogP contribution in [-0.2, 0) is 16.4 Å². The highest BCUT2D eigenvalue weighted by Crippen LogP contribution is 2.26. The van der Waals surface area contributed by atoms with Crippen LogP contribution in [-0.4, -0.2) is 31.0 Å². The van der Waals surface area contributed by atoms with Crippen molar-refractivity contribution in [3.8, 4) is 0 Å². The Bertz CT molecular complexity index is 1140. The Morgan fingerprint density at radius 1 is 1.17 bits per heavy atom. The summed E-state index contributed by atoms with van der Waals surface area (Å²) in [4.78, 5) is 16.4. The van der Waals surface area contributed by atoms with Crippen molar-refractivity contribution < 1.29 is 17.7 Å². The first-order valence-electron chi connectivity index (χ1n) is 8.71.